The van der Waals surface area contributed by atoms with E-state index in [-0.39, 0.29) is 0 Å². The van der Waals surface area contributed by atoms with Crippen molar-refractivity contribution < 1.29 is 0 Å². The highest BCUT2D eigenvalue weighted by molar-refractivity contribution is 7.09. The Morgan fingerprint density at radius 1 is 1.10 bits per heavy atom. The van der Waals surface area contributed by atoms with Crippen LogP contribution in [0.3, 0.4) is 0 Å². The Labute approximate surface area is 125 Å². The molecule has 0 N–H and O–H groups in total. The molecule has 3 heteroatoms. The summed E-state index contributed by atoms with van der Waals surface area (Å²) in [6.45, 7) is 10.9. The van der Waals surface area contributed by atoms with Gasteiger partial charge >= 0.3 is 0 Å². The molecule has 2 rings (SSSR count). The molecule has 0 aliphatic heterocycles. The Bertz CT molecular complexity index is 583. The van der Waals surface area contributed by atoms with Gasteiger partial charge in [0, 0.05) is 5.38 Å². The van der Waals surface area contributed by atoms with E-state index in [9.17, 15) is 0 Å². The molecule has 1 aromatic carbocycles. The lowest BCUT2D eigenvalue weighted by Gasteiger charge is -2.16. The number of hydrogen-bond donors (Lipinski definition) is 0. The Morgan fingerprint density at radius 3 is 2.15 bits per heavy atom. The van der Waals surface area contributed by atoms with Gasteiger partial charge in [0.25, 0.3) is 0 Å². The number of hydrogen-bond acceptors (Lipinski definition) is 3. The maximum atomic E-state index is 4.75. The van der Waals surface area contributed by atoms with Crippen molar-refractivity contribution in [3.63, 3.8) is 0 Å². The Kier molecular flexibility index (Phi) is 4.71. The van der Waals surface area contributed by atoms with E-state index in [1.165, 1.54) is 11.1 Å². The summed E-state index contributed by atoms with van der Waals surface area (Å²) >= 11 is 1.66. The zero-order valence-electron chi connectivity index (χ0n) is 12.8. The number of aryl methyl sites for hydroxylation is 1. The second-order valence-electron chi connectivity index (χ2n) is 5.64. The summed E-state index contributed by atoms with van der Waals surface area (Å²) in [5.74, 6) is 0.941. The van der Waals surface area contributed by atoms with Gasteiger partial charge in [-0.05, 0) is 29.9 Å². The third kappa shape index (κ3) is 3.34. The number of aliphatic imine (C=N–C) groups is 1. The highest BCUT2D eigenvalue weighted by atomic mass is 32.1. The number of para-hydroxylation sites is 1. The van der Waals surface area contributed by atoms with Crippen LogP contribution < -0.4 is 0 Å². The van der Waals surface area contributed by atoms with Crippen LogP contribution in [0, 0.1) is 6.92 Å². The average Bonchev–Trinajstić information content (AvgIpc) is 2.81. The summed E-state index contributed by atoms with van der Waals surface area (Å²) in [7, 11) is 0. The van der Waals surface area contributed by atoms with Crippen molar-refractivity contribution in [1.82, 2.24) is 4.98 Å². The van der Waals surface area contributed by atoms with Crippen molar-refractivity contribution in [1.29, 1.82) is 0 Å². The molecule has 0 saturated carbocycles. The van der Waals surface area contributed by atoms with Crippen LogP contribution in [0.15, 0.2) is 28.6 Å². The van der Waals surface area contributed by atoms with E-state index >= 15 is 0 Å². The molecule has 0 radical (unpaired) electrons. The van der Waals surface area contributed by atoms with Crippen LogP contribution in [0.4, 0.5) is 5.69 Å². The smallest absolute Gasteiger partial charge is 0.0924 e. The van der Waals surface area contributed by atoms with Gasteiger partial charge in [0.2, 0.25) is 0 Å². The minimum atomic E-state index is 0.470. The molecule has 0 atom stereocenters. The van der Waals surface area contributed by atoms with Crippen molar-refractivity contribution in [2.75, 3.05) is 0 Å². The molecule has 0 aliphatic carbocycles. The largest absolute Gasteiger partial charge is 0.254 e. The lowest BCUT2D eigenvalue weighted by atomic mass is 9.93. The molecular weight excluding hydrogens is 264 g/mol. The molecule has 2 nitrogen and oxygen atoms in total. The number of benzene rings is 1. The molecule has 0 fully saturated rings. The van der Waals surface area contributed by atoms with Crippen LogP contribution >= 0.6 is 11.3 Å². The molecule has 1 heterocycles. The summed E-state index contributed by atoms with van der Waals surface area (Å²) in [4.78, 5) is 9.20. The first-order valence-corrected chi connectivity index (χ1v) is 7.96. The quantitative estimate of drug-likeness (QED) is 0.686. The monoisotopic (exact) mass is 286 g/mol. The Morgan fingerprint density at radius 2 is 1.70 bits per heavy atom. The molecule has 0 spiro atoms. The van der Waals surface area contributed by atoms with Crippen LogP contribution in [0.1, 0.15) is 61.4 Å². The van der Waals surface area contributed by atoms with Gasteiger partial charge in [-0.25, -0.2) is 4.98 Å². The second kappa shape index (κ2) is 6.31. The SMILES string of the molecule is Cc1nc(/C=N/c2c(C(C)C)cccc2C(C)C)cs1. The standard InChI is InChI=1S/C17H22N2S/c1-11(2)15-7-6-8-16(12(3)4)17(15)18-9-14-10-20-13(5)19-14/h6-12H,1-5H3/b18-9+. The lowest BCUT2D eigenvalue weighted by Crippen LogP contribution is -1.95. The van der Waals surface area contributed by atoms with Gasteiger partial charge < -0.3 is 0 Å². The van der Waals surface area contributed by atoms with Crippen molar-refractivity contribution >= 4 is 23.2 Å². The maximum Gasteiger partial charge on any atom is 0.0924 e. The van der Waals surface area contributed by atoms with Crippen molar-refractivity contribution in [3.05, 3.63) is 45.4 Å². The number of aromatic nitrogens is 1. The van der Waals surface area contributed by atoms with Gasteiger partial charge in [-0.15, -0.1) is 11.3 Å². The van der Waals surface area contributed by atoms with Gasteiger partial charge in [0.1, 0.15) is 0 Å². The van der Waals surface area contributed by atoms with Crippen molar-refractivity contribution in [2.45, 2.75) is 46.5 Å². The van der Waals surface area contributed by atoms with E-state index in [0.717, 1.165) is 16.4 Å². The summed E-state index contributed by atoms with van der Waals surface area (Å²) in [6, 6.07) is 6.49. The minimum Gasteiger partial charge on any atom is -0.254 e. The van der Waals surface area contributed by atoms with Crippen LogP contribution in [0.2, 0.25) is 0 Å². The second-order valence-corrected chi connectivity index (χ2v) is 6.71. The Hall–Kier alpha value is -1.48. The first-order chi connectivity index (χ1) is 9.49. The molecule has 2 aromatic rings. The summed E-state index contributed by atoms with van der Waals surface area (Å²) < 4.78 is 0. The minimum absolute atomic E-state index is 0.470. The van der Waals surface area contributed by atoms with Crippen LogP contribution in [-0.4, -0.2) is 11.2 Å². The average molecular weight is 286 g/mol. The third-order valence-corrected chi connectivity index (χ3v) is 4.10. The topological polar surface area (TPSA) is 25.2 Å². The van der Waals surface area contributed by atoms with Gasteiger partial charge in [0.05, 0.1) is 22.6 Å². The third-order valence-electron chi connectivity index (χ3n) is 3.31. The molecule has 0 saturated heterocycles. The van der Waals surface area contributed by atoms with Crippen LogP contribution in [-0.2, 0) is 0 Å². The van der Waals surface area contributed by atoms with Gasteiger partial charge in [-0.2, -0.15) is 0 Å². The van der Waals surface area contributed by atoms with Gasteiger partial charge in [0.15, 0.2) is 0 Å². The molecule has 0 unspecified atom stereocenters. The van der Waals surface area contributed by atoms with E-state index in [1.54, 1.807) is 11.3 Å². The highest BCUT2D eigenvalue weighted by Crippen LogP contribution is 2.34. The molecule has 106 valence electrons. The van der Waals surface area contributed by atoms with E-state index in [2.05, 4.69) is 50.9 Å². The van der Waals surface area contributed by atoms with E-state index in [1.807, 2.05) is 18.5 Å². The van der Waals surface area contributed by atoms with E-state index < -0.39 is 0 Å². The molecular formula is C17H22N2S. The maximum absolute atomic E-state index is 4.75. The van der Waals surface area contributed by atoms with Crippen molar-refractivity contribution in [2.24, 2.45) is 4.99 Å². The fraction of sp³-hybridized carbons (Fsp3) is 0.412. The molecule has 0 amide bonds. The van der Waals surface area contributed by atoms with Gasteiger partial charge in [-0.1, -0.05) is 45.9 Å². The highest BCUT2D eigenvalue weighted by Gasteiger charge is 2.12. The van der Waals surface area contributed by atoms with E-state index in [0.29, 0.717) is 11.8 Å². The first kappa shape index (κ1) is 14.9. The molecule has 20 heavy (non-hydrogen) atoms. The fourth-order valence-corrected chi connectivity index (χ4v) is 2.79. The van der Waals surface area contributed by atoms with Crippen LogP contribution in [0.25, 0.3) is 0 Å². The predicted molar refractivity (Wildman–Crippen MR) is 88.7 cm³/mol. The number of thiazole rings is 1. The lowest BCUT2D eigenvalue weighted by molar-refractivity contribution is 0.835. The predicted octanol–water partition coefficient (Wildman–Crippen LogP) is 5.45. The molecule has 0 aliphatic rings. The van der Waals surface area contributed by atoms with E-state index in [4.69, 9.17) is 4.99 Å². The van der Waals surface area contributed by atoms with Crippen LogP contribution in [0.5, 0.6) is 0 Å². The summed E-state index contributed by atoms with van der Waals surface area (Å²) in [6.07, 6.45) is 1.89. The normalized spacial score (nSPS) is 11.9. The first-order valence-electron chi connectivity index (χ1n) is 7.08. The summed E-state index contributed by atoms with van der Waals surface area (Å²) in [5, 5.41) is 3.12. The fourth-order valence-electron chi connectivity index (χ4n) is 2.23. The zero-order valence-corrected chi connectivity index (χ0v) is 13.7. The number of rotatable bonds is 4. The molecule has 0 bridgehead atoms. The zero-order chi connectivity index (χ0) is 14.7. The van der Waals surface area contributed by atoms with Gasteiger partial charge in [-0.3, -0.25) is 4.99 Å². The number of nitrogens with zero attached hydrogens (tertiary/aromatic N) is 2. The Balaban J connectivity index is 2.45. The summed E-state index contributed by atoms with van der Waals surface area (Å²) in [5.41, 5.74) is 4.67. The molecule has 1 aromatic heterocycles. The van der Waals surface area contributed by atoms with Crippen molar-refractivity contribution in [3.8, 4) is 0 Å².